The highest BCUT2D eigenvalue weighted by Crippen LogP contribution is 2.34. The van der Waals surface area contributed by atoms with Crippen molar-refractivity contribution in [1.29, 1.82) is 0 Å². The number of aromatic nitrogens is 5. The van der Waals surface area contributed by atoms with E-state index >= 15 is 0 Å². The maximum Gasteiger partial charge on any atom is 0.200 e. The van der Waals surface area contributed by atoms with Gasteiger partial charge in [0.25, 0.3) is 0 Å². The number of hydrogen-bond donors (Lipinski definition) is 2. The summed E-state index contributed by atoms with van der Waals surface area (Å²) in [7, 11) is 0. The van der Waals surface area contributed by atoms with E-state index in [2.05, 4.69) is 26.2 Å². The Balaban J connectivity index is 1.66. The second-order valence-corrected chi connectivity index (χ2v) is 7.60. The highest BCUT2D eigenvalue weighted by molar-refractivity contribution is 5.93. The van der Waals surface area contributed by atoms with E-state index < -0.39 is 0 Å². The van der Waals surface area contributed by atoms with Gasteiger partial charge in [0.15, 0.2) is 11.2 Å². The van der Waals surface area contributed by atoms with Crippen molar-refractivity contribution in [2.45, 2.75) is 6.92 Å². The van der Waals surface area contributed by atoms with Crippen LogP contribution in [-0.2, 0) is 0 Å². The molecule has 6 rings (SSSR count). The molecule has 0 amide bonds. The molecule has 0 saturated carbocycles. The lowest BCUT2D eigenvalue weighted by atomic mass is 9.98. The van der Waals surface area contributed by atoms with Crippen LogP contribution in [0.5, 0.6) is 0 Å². The number of aromatic amines is 2. The van der Waals surface area contributed by atoms with Crippen LogP contribution in [0, 0.1) is 6.92 Å². The minimum absolute atomic E-state index is 0.124. The number of nitrogens with zero attached hydrogens (tertiary/aromatic N) is 3. The fourth-order valence-corrected chi connectivity index (χ4v) is 3.97. The summed E-state index contributed by atoms with van der Waals surface area (Å²) in [5, 5.41) is 8.31. The third-order valence-corrected chi connectivity index (χ3v) is 5.54. The number of fused-ring (bicyclic) bond motifs is 2. The third-order valence-electron chi connectivity index (χ3n) is 5.54. The van der Waals surface area contributed by atoms with Gasteiger partial charge in [0.2, 0.25) is 0 Å². The average molecular weight is 419 g/mol. The van der Waals surface area contributed by atoms with E-state index in [-0.39, 0.29) is 5.43 Å². The lowest BCUT2D eigenvalue weighted by Crippen LogP contribution is -2.08. The fraction of sp³-hybridized carbons (Fsp3) is 0.0400. The van der Waals surface area contributed by atoms with E-state index in [1.165, 1.54) is 0 Å². The number of furan rings is 1. The van der Waals surface area contributed by atoms with Gasteiger partial charge < -0.3 is 9.40 Å². The second-order valence-electron chi connectivity index (χ2n) is 7.60. The summed E-state index contributed by atoms with van der Waals surface area (Å²) in [5.74, 6) is 1.43. The maximum atomic E-state index is 13.3. The number of pyridine rings is 3. The molecule has 0 radical (unpaired) electrons. The van der Waals surface area contributed by atoms with Crippen molar-refractivity contribution in [3.63, 3.8) is 0 Å². The van der Waals surface area contributed by atoms with Crippen LogP contribution < -0.4 is 5.43 Å². The zero-order valence-electron chi connectivity index (χ0n) is 17.1. The normalized spacial score (nSPS) is 11.4. The molecule has 0 aliphatic rings. The van der Waals surface area contributed by atoms with Crippen molar-refractivity contribution < 1.29 is 4.42 Å². The molecule has 0 atom stereocenters. The summed E-state index contributed by atoms with van der Waals surface area (Å²) in [6.45, 7) is 1.89. The van der Waals surface area contributed by atoms with Gasteiger partial charge in [-0.25, -0.2) is 4.98 Å². The highest BCUT2D eigenvalue weighted by Gasteiger charge is 2.18. The Morgan fingerprint density at radius 1 is 0.969 bits per heavy atom. The maximum absolute atomic E-state index is 13.3. The van der Waals surface area contributed by atoms with Crippen LogP contribution in [0.4, 0.5) is 0 Å². The second kappa shape index (κ2) is 7.02. The first-order valence-electron chi connectivity index (χ1n) is 10.2. The Labute approximate surface area is 181 Å². The molecule has 32 heavy (non-hydrogen) atoms. The Kier molecular flexibility index (Phi) is 4.01. The molecule has 5 aromatic heterocycles. The van der Waals surface area contributed by atoms with Crippen LogP contribution in [0.1, 0.15) is 5.76 Å². The topological polar surface area (TPSA) is 100 Å². The molecule has 0 bridgehead atoms. The largest absolute Gasteiger partial charge is 0.460 e. The quantitative estimate of drug-likeness (QED) is 0.416. The van der Waals surface area contributed by atoms with Crippen LogP contribution in [-0.4, -0.2) is 25.1 Å². The predicted molar refractivity (Wildman–Crippen MR) is 123 cm³/mol. The van der Waals surface area contributed by atoms with Crippen molar-refractivity contribution in [2.24, 2.45) is 0 Å². The van der Waals surface area contributed by atoms with Gasteiger partial charge in [-0.2, -0.15) is 5.10 Å². The third kappa shape index (κ3) is 2.91. The van der Waals surface area contributed by atoms with E-state index in [1.807, 2.05) is 49.4 Å². The Morgan fingerprint density at radius 2 is 1.91 bits per heavy atom. The van der Waals surface area contributed by atoms with Gasteiger partial charge in [-0.05, 0) is 55.0 Å². The van der Waals surface area contributed by atoms with Gasteiger partial charge >= 0.3 is 0 Å². The minimum atomic E-state index is -0.124. The van der Waals surface area contributed by atoms with Crippen molar-refractivity contribution in [3.05, 3.63) is 89.2 Å². The van der Waals surface area contributed by atoms with Gasteiger partial charge in [0.05, 0.1) is 22.2 Å². The fourth-order valence-electron chi connectivity index (χ4n) is 3.97. The average Bonchev–Trinajstić information content (AvgIpc) is 3.50. The molecule has 7 heteroatoms. The molecule has 0 saturated heterocycles. The molecule has 1 aromatic carbocycles. The highest BCUT2D eigenvalue weighted by atomic mass is 16.3. The molecule has 0 spiro atoms. The summed E-state index contributed by atoms with van der Waals surface area (Å²) >= 11 is 0. The molecule has 0 aliphatic heterocycles. The first kappa shape index (κ1) is 18.3. The standard InChI is InChI=1S/C25H17N5O2/c1-14-4-7-22(32-14)23-17(15-5-6-20-16(11-15)3-2-9-26-20)12-18-24(31)19(13-27-25(18)29-23)21-8-10-28-30-21/h2-13H,1H3,(H,28,30)(H,27,29,31). The summed E-state index contributed by atoms with van der Waals surface area (Å²) in [6.07, 6.45) is 5.05. The lowest BCUT2D eigenvalue weighted by Gasteiger charge is -2.11. The molecule has 2 N–H and O–H groups in total. The Morgan fingerprint density at radius 3 is 2.72 bits per heavy atom. The lowest BCUT2D eigenvalue weighted by molar-refractivity contribution is 0.547. The molecule has 7 nitrogen and oxygen atoms in total. The summed E-state index contributed by atoms with van der Waals surface area (Å²) in [4.78, 5) is 25.7. The van der Waals surface area contributed by atoms with Crippen molar-refractivity contribution >= 4 is 21.9 Å². The number of rotatable bonds is 3. The smallest absolute Gasteiger partial charge is 0.200 e. The van der Waals surface area contributed by atoms with E-state index in [9.17, 15) is 4.79 Å². The first-order valence-corrected chi connectivity index (χ1v) is 10.2. The monoisotopic (exact) mass is 419 g/mol. The number of aryl methyl sites for hydroxylation is 1. The molecular weight excluding hydrogens is 402 g/mol. The molecule has 0 fully saturated rings. The van der Waals surface area contributed by atoms with E-state index in [0.29, 0.717) is 33.7 Å². The van der Waals surface area contributed by atoms with Crippen molar-refractivity contribution in [1.82, 2.24) is 25.1 Å². The van der Waals surface area contributed by atoms with Gasteiger partial charge in [-0.1, -0.05) is 12.1 Å². The SMILES string of the molecule is Cc1ccc(-c2nc3[nH]cc(-c4ccn[nH]4)c(=O)c3cc2-c2ccc3ncccc3c2)o1. The van der Waals surface area contributed by atoms with Crippen molar-refractivity contribution in [2.75, 3.05) is 0 Å². The summed E-state index contributed by atoms with van der Waals surface area (Å²) in [5.41, 5.74) is 4.83. The van der Waals surface area contributed by atoms with Crippen LogP contribution >= 0.6 is 0 Å². The van der Waals surface area contributed by atoms with Crippen LogP contribution in [0.25, 0.3) is 55.8 Å². The number of benzene rings is 1. The van der Waals surface area contributed by atoms with Gasteiger partial charge in [-0.15, -0.1) is 0 Å². The van der Waals surface area contributed by atoms with Gasteiger partial charge in [0, 0.05) is 29.5 Å². The zero-order valence-corrected chi connectivity index (χ0v) is 17.1. The molecular formula is C25H17N5O2. The predicted octanol–water partition coefficient (Wildman–Crippen LogP) is 5.10. The van der Waals surface area contributed by atoms with E-state index in [0.717, 1.165) is 27.8 Å². The first-order chi connectivity index (χ1) is 15.7. The van der Waals surface area contributed by atoms with Crippen LogP contribution in [0.2, 0.25) is 0 Å². The van der Waals surface area contributed by atoms with Crippen LogP contribution in [0.15, 0.2) is 82.4 Å². The van der Waals surface area contributed by atoms with Crippen molar-refractivity contribution in [3.8, 4) is 33.8 Å². The van der Waals surface area contributed by atoms with E-state index in [4.69, 9.17) is 9.40 Å². The van der Waals surface area contributed by atoms with Gasteiger partial charge in [0.1, 0.15) is 17.1 Å². The Hall–Kier alpha value is -4.52. The molecule has 0 unspecified atom stereocenters. The molecule has 5 heterocycles. The zero-order chi connectivity index (χ0) is 21.7. The summed E-state index contributed by atoms with van der Waals surface area (Å²) in [6, 6.07) is 17.4. The van der Waals surface area contributed by atoms with E-state index in [1.54, 1.807) is 24.7 Å². The number of H-pyrrole nitrogens is 2. The molecule has 0 aliphatic carbocycles. The minimum Gasteiger partial charge on any atom is -0.460 e. The number of hydrogen-bond acceptors (Lipinski definition) is 5. The molecule has 6 aromatic rings. The Bertz CT molecular complexity index is 1660. The number of nitrogens with one attached hydrogen (secondary N) is 2. The summed E-state index contributed by atoms with van der Waals surface area (Å²) < 4.78 is 5.90. The van der Waals surface area contributed by atoms with Gasteiger partial charge in [-0.3, -0.25) is 14.9 Å². The van der Waals surface area contributed by atoms with Crippen LogP contribution in [0.3, 0.4) is 0 Å². The molecule has 154 valence electrons.